The molecule has 2 saturated carbocycles. The second-order valence-electron chi connectivity index (χ2n) is 21.1. The summed E-state index contributed by atoms with van der Waals surface area (Å²) in [6.45, 7) is 9.36. The summed E-state index contributed by atoms with van der Waals surface area (Å²) in [5.41, 5.74) is 4.91. The van der Waals surface area contributed by atoms with Crippen molar-refractivity contribution in [3.63, 3.8) is 0 Å². The van der Waals surface area contributed by atoms with Crippen molar-refractivity contribution >= 4 is 55.4 Å². The summed E-state index contributed by atoms with van der Waals surface area (Å²) in [5, 5.41) is 26.7. The first-order valence-electron chi connectivity index (χ1n) is 24.7. The van der Waals surface area contributed by atoms with Crippen LogP contribution < -0.4 is 24.6 Å². The van der Waals surface area contributed by atoms with Crippen LogP contribution in [0.15, 0.2) is 83.9 Å². The van der Waals surface area contributed by atoms with E-state index in [-0.39, 0.29) is 34.7 Å². The van der Waals surface area contributed by atoms with Crippen molar-refractivity contribution in [2.75, 3.05) is 48.0 Å². The Kier molecular flexibility index (Phi) is 11.6. The number of aryl methyl sites for hydroxylation is 1. The van der Waals surface area contributed by atoms with Gasteiger partial charge in [-0.1, -0.05) is 24.3 Å². The van der Waals surface area contributed by atoms with Gasteiger partial charge in [0, 0.05) is 54.6 Å². The molecule has 4 N–H and O–H groups in total. The van der Waals surface area contributed by atoms with E-state index in [1.54, 1.807) is 12.3 Å². The number of pyridine rings is 1. The number of nitrogens with zero attached hydrogens (tertiary/aromatic N) is 5. The van der Waals surface area contributed by atoms with Gasteiger partial charge in [-0.3, -0.25) is 19.8 Å². The number of amides is 1. The Hall–Kier alpha value is -5.75. The Balaban J connectivity index is 0.874. The van der Waals surface area contributed by atoms with E-state index < -0.39 is 43.1 Å². The summed E-state index contributed by atoms with van der Waals surface area (Å²) in [5.74, 6) is -0.315. The topological polar surface area (TPSA) is 196 Å². The monoisotopic (exact) mass is 958 g/mol. The van der Waals surface area contributed by atoms with E-state index in [1.807, 2.05) is 36.1 Å². The molecule has 5 aromatic rings. The smallest absolute Gasteiger partial charge is 0.293 e. The van der Waals surface area contributed by atoms with E-state index in [9.17, 15) is 28.4 Å². The van der Waals surface area contributed by atoms with Gasteiger partial charge in [-0.15, -0.1) is 0 Å². The number of ether oxygens (including phenoxy) is 2. The van der Waals surface area contributed by atoms with E-state index in [1.165, 1.54) is 48.9 Å². The SMILES string of the molecule is Cc1ccccc1[C@@H]1CCCN1C1CC2(CCN(c3ccc(C(=O)NS(=O)(=O)c4ccc(NC[C@H]5CC[C@](C)(O)CC5)c([N+](=O)[O-])c4)c(N4c5cc6cc[nH]c6nc5O[C@@H]5COC[C@H]54)c3)[C@H](C)C2)C1. The molecule has 364 valence electrons. The van der Waals surface area contributed by atoms with Crippen molar-refractivity contribution in [1.82, 2.24) is 19.6 Å². The predicted molar refractivity (Wildman–Crippen MR) is 264 cm³/mol. The van der Waals surface area contributed by atoms with Crippen LogP contribution in [0.25, 0.3) is 11.0 Å². The maximum atomic E-state index is 14.7. The molecule has 0 unspecified atom stereocenters. The lowest BCUT2D eigenvalue weighted by Gasteiger charge is -2.57. The molecule has 2 aliphatic carbocycles. The number of aromatic amines is 1. The van der Waals surface area contributed by atoms with Crippen molar-refractivity contribution in [2.24, 2.45) is 11.3 Å². The number of carbonyl (C=O) groups excluding carboxylic acids is 1. The first-order valence-corrected chi connectivity index (χ1v) is 26.2. The molecule has 2 aromatic heterocycles. The van der Waals surface area contributed by atoms with Crippen LogP contribution >= 0.6 is 0 Å². The van der Waals surface area contributed by atoms with Gasteiger partial charge in [0.1, 0.15) is 23.1 Å². The molecule has 1 amide bonds. The van der Waals surface area contributed by atoms with Crippen molar-refractivity contribution < 1.29 is 32.7 Å². The van der Waals surface area contributed by atoms with Gasteiger partial charge >= 0.3 is 0 Å². The molecule has 4 atom stereocenters. The number of hydrogen-bond donors (Lipinski definition) is 4. The highest BCUT2D eigenvalue weighted by molar-refractivity contribution is 7.90. The number of benzene rings is 3. The molecule has 6 heterocycles. The lowest BCUT2D eigenvalue weighted by atomic mass is 9.58. The van der Waals surface area contributed by atoms with E-state index in [4.69, 9.17) is 14.5 Å². The number of sulfonamides is 1. The molecule has 0 radical (unpaired) electrons. The fraction of sp³-hybridized carbons (Fsp3) is 0.500. The first-order chi connectivity index (χ1) is 33.1. The number of nitro benzene ring substituents is 1. The fourth-order valence-corrected chi connectivity index (χ4v) is 13.6. The van der Waals surface area contributed by atoms with Crippen LogP contribution in [0.2, 0.25) is 0 Å². The summed E-state index contributed by atoms with van der Waals surface area (Å²) in [6.07, 6.45) is 11.1. The van der Waals surface area contributed by atoms with Gasteiger partial charge in [0.05, 0.1) is 45.9 Å². The van der Waals surface area contributed by atoms with Crippen molar-refractivity contribution in [3.05, 3.63) is 106 Å². The molecule has 5 fully saturated rings. The zero-order chi connectivity index (χ0) is 47.8. The number of rotatable bonds is 11. The van der Waals surface area contributed by atoms with Gasteiger partial charge in [-0.2, -0.15) is 4.98 Å². The summed E-state index contributed by atoms with van der Waals surface area (Å²) in [4.78, 5) is 41.2. The molecule has 11 rings (SSSR count). The van der Waals surface area contributed by atoms with Gasteiger partial charge in [-0.05, 0) is 156 Å². The van der Waals surface area contributed by atoms with Crippen LogP contribution in [0, 0.1) is 28.4 Å². The fourth-order valence-electron chi connectivity index (χ4n) is 12.6. The van der Waals surface area contributed by atoms with E-state index in [0.29, 0.717) is 67.6 Å². The minimum atomic E-state index is -4.61. The summed E-state index contributed by atoms with van der Waals surface area (Å²) in [6, 6.07) is 22.8. The molecule has 3 aromatic carbocycles. The van der Waals surface area contributed by atoms with Crippen LogP contribution in [0.4, 0.5) is 28.4 Å². The minimum Gasteiger partial charge on any atom is -0.468 e. The number of anilines is 4. The Morgan fingerprint density at radius 3 is 2.58 bits per heavy atom. The molecule has 69 heavy (non-hydrogen) atoms. The quantitative estimate of drug-likeness (QED) is 0.0727. The molecule has 0 bridgehead atoms. The van der Waals surface area contributed by atoms with Crippen LogP contribution in [-0.2, 0) is 14.8 Å². The van der Waals surface area contributed by atoms with Crippen molar-refractivity contribution in [3.8, 4) is 5.88 Å². The largest absolute Gasteiger partial charge is 0.468 e. The number of H-pyrrole nitrogens is 1. The average molecular weight is 959 g/mol. The lowest BCUT2D eigenvalue weighted by molar-refractivity contribution is -0.384. The zero-order valence-electron chi connectivity index (χ0n) is 39.5. The second kappa shape index (κ2) is 17.6. The van der Waals surface area contributed by atoms with Crippen LogP contribution in [0.3, 0.4) is 0 Å². The summed E-state index contributed by atoms with van der Waals surface area (Å²) >= 11 is 0. The Morgan fingerprint density at radius 1 is 0.986 bits per heavy atom. The number of nitrogens with one attached hydrogen (secondary N) is 3. The van der Waals surface area contributed by atoms with Crippen LogP contribution in [-0.4, -0.2) is 102 Å². The molecule has 1 spiro atoms. The van der Waals surface area contributed by atoms with Crippen LogP contribution in [0.5, 0.6) is 5.88 Å². The molecule has 6 aliphatic rings. The van der Waals surface area contributed by atoms with Gasteiger partial charge in [0.15, 0.2) is 0 Å². The molecular formula is C52H62N8O8S. The van der Waals surface area contributed by atoms with E-state index >= 15 is 0 Å². The summed E-state index contributed by atoms with van der Waals surface area (Å²) in [7, 11) is -4.61. The maximum absolute atomic E-state index is 14.7. The molecular weight excluding hydrogens is 897 g/mol. The lowest BCUT2D eigenvalue weighted by Crippen LogP contribution is -2.57. The number of hydrogen-bond acceptors (Lipinski definition) is 13. The average Bonchev–Trinajstić information content (AvgIpc) is 4.10. The second-order valence-corrected chi connectivity index (χ2v) is 22.7. The molecule has 16 nitrogen and oxygen atoms in total. The number of aromatic nitrogens is 2. The Labute approximate surface area is 403 Å². The standard InChI is InChI=1S/C52H62N8O8S/c1-32-7-4-5-8-39(32)42-9-6-21-58(42)37-27-52(28-37)19-22-57(33(2)26-52)36-10-12-40(43(24-36)59-45-23-35-16-20-53-48(35)55-50(45)68-47-31-67-30-46(47)59)49(61)56-69(65,66)38-11-13-41(44(25-38)60(63)64)54-29-34-14-17-51(3,62)18-15-34/h4-5,7-8,10-13,16,20,23-25,33-34,37,42,46-47,54,62H,6,9,14-15,17-19,21-22,26-31H2,1-3H3,(H,53,55)(H,56,61)/t33-,34-,37?,42+,46-,47-,51-,52?/m1/s1. The zero-order valence-corrected chi connectivity index (χ0v) is 40.3. The van der Waals surface area contributed by atoms with Crippen molar-refractivity contribution in [1.29, 1.82) is 0 Å². The number of likely N-dealkylation sites (tertiary alicyclic amines) is 1. The first kappa shape index (κ1) is 45.7. The molecule has 4 aliphatic heterocycles. The van der Waals surface area contributed by atoms with E-state index in [2.05, 4.69) is 62.9 Å². The highest BCUT2D eigenvalue weighted by Gasteiger charge is 2.52. The van der Waals surface area contributed by atoms with Crippen molar-refractivity contribution in [2.45, 2.75) is 126 Å². The number of aliphatic hydroxyl groups is 1. The van der Waals surface area contributed by atoms with Gasteiger partial charge < -0.3 is 34.7 Å². The minimum absolute atomic E-state index is 0.103. The third-order valence-corrected chi connectivity index (χ3v) is 17.7. The van der Waals surface area contributed by atoms with Crippen LogP contribution in [0.1, 0.15) is 106 Å². The number of piperidine rings is 1. The highest BCUT2D eigenvalue weighted by atomic mass is 32.2. The number of fused-ring (bicyclic) bond motifs is 3. The van der Waals surface area contributed by atoms with Gasteiger partial charge in [0.2, 0.25) is 5.88 Å². The highest BCUT2D eigenvalue weighted by Crippen LogP contribution is 2.56. The third kappa shape index (κ3) is 8.58. The van der Waals surface area contributed by atoms with Gasteiger partial charge in [0.25, 0.3) is 21.6 Å². The molecule has 3 saturated heterocycles. The Bertz CT molecular complexity index is 2910. The normalized spacial score (nSPS) is 29.0. The van der Waals surface area contributed by atoms with Gasteiger partial charge in [-0.25, -0.2) is 13.1 Å². The number of nitro groups is 1. The predicted octanol–water partition coefficient (Wildman–Crippen LogP) is 8.52. The summed E-state index contributed by atoms with van der Waals surface area (Å²) < 4.78 is 43.0. The molecule has 17 heteroatoms. The van der Waals surface area contributed by atoms with E-state index in [0.717, 1.165) is 55.9 Å². The Morgan fingerprint density at radius 2 is 1.80 bits per heavy atom. The third-order valence-electron chi connectivity index (χ3n) is 16.4. The number of carbonyl (C=O) groups is 1. The maximum Gasteiger partial charge on any atom is 0.293 e.